The number of benzene rings is 1. The Labute approximate surface area is 552 Å². The third kappa shape index (κ3) is 24.8. The first-order chi connectivity index (χ1) is 44.2. The molecular formula is C56H85N17O16S4. The first-order valence-electron chi connectivity index (χ1n) is 30.0. The monoisotopic (exact) mass is 1380 g/mol. The highest BCUT2D eigenvalue weighted by molar-refractivity contribution is 8.77. The third-order valence-corrected chi connectivity index (χ3v) is 19.6. The molecule has 514 valence electrons. The van der Waals surface area contributed by atoms with Crippen molar-refractivity contribution in [2.45, 2.75) is 145 Å². The molecule has 2 bridgehead atoms. The number of hydrogen-bond acceptors (Lipinski definition) is 23. The number of nitrogens with one attached hydrogen (secondary N) is 12. The summed E-state index contributed by atoms with van der Waals surface area (Å²) < 4.78 is 0. The van der Waals surface area contributed by atoms with E-state index in [4.69, 9.17) is 17.2 Å². The van der Waals surface area contributed by atoms with Gasteiger partial charge in [-0.05, 0) is 61.8 Å². The van der Waals surface area contributed by atoms with Gasteiger partial charge in [-0.2, -0.15) is 0 Å². The van der Waals surface area contributed by atoms with Crippen molar-refractivity contribution >= 4 is 120 Å². The van der Waals surface area contributed by atoms with Gasteiger partial charge in [0.05, 0.1) is 32.1 Å². The maximum Gasteiger partial charge on any atom is 0.246 e. The van der Waals surface area contributed by atoms with Crippen molar-refractivity contribution in [3.05, 3.63) is 48.0 Å². The van der Waals surface area contributed by atoms with E-state index in [9.17, 15) is 77.6 Å². The highest BCUT2D eigenvalue weighted by Gasteiger charge is 2.44. The van der Waals surface area contributed by atoms with Gasteiger partial charge in [0.15, 0.2) is 0 Å². The number of hydrogen-bond donors (Lipinski definition) is 18. The second kappa shape index (κ2) is 38.1. The van der Waals surface area contributed by atoms with Crippen LogP contribution >= 0.6 is 43.2 Å². The number of amides is 13. The van der Waals surface area contributed by atoms with E-state index in [-0.39, 0.29) is 73.3 Å². The van der Waals surface area contributed by atoms with Crippen molar-refractivity contribution in [2.24, 2.45) is 29.0 Å². The molecule has 0 saturated carbocycles. The number of imidazole rings is 1. The summed E-state index contributed by atoms with van der Waals surface area (Å²) in [7, 11) is 3.63. The summed E-state index contributed by atoms with van der Waals surface area (Å²) in [6.45, 7) is 4.30. The number of primary amides is 1. The number of phenols is 1. The van der Waals surface area contributed by atoms with E-state index in [1.807, 2.05) is 0 Å². The molecule has 0 unspecified atom stereocenters. The molecule has 3 saturated heterocycles. The Bertz CT molecular complexity index is 2940. The van der Waals surface area contributed by atoms with Crippen LogP contribution in [0.1, 0.15) is 71.1 Å². The smallest absolute Gasteiger partial charge is 0.246 e. The quantitative estimate of drug-likeness (QED) is 0.0460. The van der Waals surface area contributed by atoms with Crippen molar-refractivity contribution in [2.75, 3.05) is 55.8 Å². The van der Waals surface area contributed by atoms with E-state index in [1.54, 1.807) is 27.7 Å². The number of aromatic hydroxyl groups is 1. The number of aromatic nitrogens is 2. The third-order valence-electron chi connectivity index (χ3n) is 14.7. The number of nitrogens with zero attached hydrogens (tertiary/aromatic N) is 2. The summed E-state index contributed by atoms with van der Waals surface area (Å²) in [6, 6.07) is -10.4. The minimum Gasteiger partial charge on any atom is -0.508 e. The van der Waals surface area contributed by atoms with Gasteiger partial charge in [0.1, 0.15) is 72.2 Å². The normalized spacial score (nSPS) is 25.5. The summed E-state index contributed by atoms with van der Waals surface area (Å²) in [5.41, 5.74) is 17.9. The van der Waals surface area contributed by atoms with Crippen LogP contribution in [0, 0.1) is 11.8 Å². The second-order valence-electron chi connectivity index (χ2n) is 23.1. The Balaban J connectivity index is 1.62. The van der Waals surface area contributed by atoms with Crippen molar-refractivity contribution in [1.82, 2.24) is 73.4 Å². The molecule has 3 fully saturated rings. The Morgan fingerprint density at radius 2 is 1.34 bits per heavy atom. The summed E-state index contributed by atoms with van der Waals surface area (Å²) in [5, 5.41) is 58.7. The Hall–Kier alpha value is -7.42. The highest BCUT2D eigenvalue weighted by Crippen LogP contribution is 2.27. The first-order valence-corrected chi connectivity index (χ1v) is 35.0. The molecule has 93 heavy (non-hydrogen) atoms. The summed E-state index contributed by atoms with van der Waals surface area (Å²) >= 11 is 0. The predicted octanol–water partition coefficient (Wildman–Crippen LogP) is -6.12. The Morgan fingerprint density at radius 3 is 1.98 bits per heavy atom. The van der Waals surface area contributed by atoms with Gasteiger partial charge in [-0.3, -0.25) is 62.3 Å². The van der Waals surface area contributed by atoms with Crippen LogP contribution in [0.3, 0.4) is 0 Å². The standard InChI is InChI=1S/C56H85N17O16S4/c1-27(2)13-35-50(83)70-40-24-93-91-23-39(48(81)62-18-43(77)64-36(14-29-8-10-31(75)11-9-29)51(84)65-34(49(82)66-35)7-5-6-12-57)69-53(86)41(71-55(88)45(28(3)4)72-44(78)19-61-47(80)33(58)21-74)25-92-90-22-38(46(59)79)68-54(87)42-16-32(76)20-73(42)56(89)37(67-52(40)85)15-30-17-60-26-63-30/h8-11,17,26-28,32-42,45,74-76H,5-7,12-16,18-25,57-58H2,1-4H3,(H2,59,79)(H,60,63)(H,61,80)(H,62,81)(H,64,77)(H,65,84)(H,66,82)(H,67,85)(H,68,87)(H,69,86)(H,70,83)(H,71,88)(H,72,78)/t32-,33+,34+,35+,36+,37+,38+,39+,40+,41+,42+,45+/m1/s1. The molecule has 5 rings (SSSR count). The second-order valence-corrected chi connectivity index (χ2v) is 28.2. The van der Waals surface area contributed by atoms with Crippen LogP contribution < -0.4 is 75.7 Å². The fourth-order valence-electron chi connectivity index (χ4n) is 9.64. The van der Waals surface area contributed by atoms with Gasteiger partial charge in [-0.1, -0.05) is 83.0 Å². The molecule has 2 aromatic rings. The number of unbranched alkanes of at least 4 members (excludes halogenated alkanes) is 1. The molecule has 0 spiro atoms. The number of aliphatic hydroxyl groups excluding tert-OH is 2. The van der Waals surface area contributed by atoms with Crippen LogP contribution in [0.4, 0.5) is 0 Å². The number of carbonyl (C=O) groups is 13. The highest BCUT2D eigenvalue weighted by atomic mass is 33.1. The minimum absolute atomic E-state index is 0.00126. The number of H-pyrrole nitrogens is 1. The summed E-state index contributed by atoms with van der Waals surface area (Å²) in [6.07, 6.45) is 1.37. The zero-order chi connectivity index (χ0) is 68.5. The lowest BCUT2D eigenvalue weighted by atomic mass is 10.0. The molecule has 21 N–H and O–H groups in total. The Kier molecular flexibility index (Phi) is 31.2. The Morgan fingerprint density at radius 1 is 0.720 bits per heavy atom. The van der Waals surface area contributed by atoms with E-state index in [0.29, 0.717) is 24.1 Å². The van der Waals surface area contributed by atoms with Crippen molar-refractivity contribution in [3.63, 3.8) is 0 Å². The fraction of sp³-hybridized carbons (Fsp3) is 0.607. The first kappa shape index (κ1) is 76.3. The fourth-order valence-corrected chi connectivity index (χ4v) is 14.3. The number of carbonyl (C=O) groups excluding carboxylic acids is 13. The molecule has 0 aliphatic carbocycles. The molecule has 1 aromatic heterocycles. The number of rotatable bonds is 19. The zero-order valence-electron chi connectivity index (χ0n) is 51.8. The molecule has 4 heterocycles. The minimum atomic E-state index is -1.61. The van der Waals surface area contributed by atoms with Gasteiger partial charge in [0, 0.05) is 60.7 Å². The average Bonchev–Trinajstić information content (AvgIpc) is 1.72. The molecule has 0 radical (unpaired) electrons. The number of aliphatic hydroxyl groups is 2. The number of nitrogens with two attached hydrogens (primary N) is 3. The summed E-state index contributed by atoms with van der Waals surface area (Å²) in [5.74, 6) is -14.3. The zero-order valence-corrected chi connectivity index (χ0v) is 55.0. The van der Waals surface area contributed by atoms with Crippen LogP contribution in [0.15, 0.2) is 36.8 Å². The van der Waals surface area contributed by atoms with E-state index >= 15 is 0 Å². The van der Waals surface area contributed by atoms with Crippen molar-refractivity contribution < 1.29 is 77.6 Å². The van der Waals surface area contributed by atoms with Gasteiger partial charge in [0.2, 0.25) is 76.8 Å². The number of fused-ring (bicyclic) bond motifs is 6. The molecule has 33 nitrogen and oxygen atoms in total. The SMILES string of the molecule is CC(C)C[C@@H]1NC(=O)[C@H](CCCCN)NC(=O)[C@H](Cc2ccc(O)cc2)NC(=O)CNC(=O)[C@@H]2CSSC[C@H](NC1=O)C(=O)N[C@@H](Cc1cnc[nH]1)C(=O)N1C[C@H](O)C[C@H]1C(=O)N[C@H](C(N)=O)CSSC[C@H](NC(=O)[C@@H](NC(=O)CNC(=O)[C@@H](N)CO)C(C)C)C(=O)N2. The predicted molar refractivity (Wildman–Crippen MR) is 345 cm³/mol. The van der Waals surface area contributed by atoms with Gasteiger partial charge < -0.3 is 101 Å². The van der Waals surface area contributed by atoms with Gasteiger partial charge in [-0.15, -0.1) is 0 Å². The molecule has 12 atom stereocenters. The topological polar surface area (TPSA) is 525 Å². The molecule has 1 aromatic carbocycles. The van der Waals surface area contributed by atoms with Crippen molar-refractivity contribution in [1.29, 1.82) is 0 Å². The van der Waals surface area contributed by atoms with E-state index in [2.05, 4.69) is 68.5 Å². The lowest BCUT2D eigenvalue weighted by molar-refractivity contribution is -0.142. The van der Waals surface area contributed by atoms with E-state index < -0.39 is 182 Å². The van der Waals surface area contributed by atoms with E-state index in [0.717, 1.165) is 48.1 Å². The summed E-state index contributed by atoms with van der Waals surface area (Å²) in [4.78, 5) is 191. The average molecular weight is 1380 g/mol. The molecule has 3 aliphatic heterocycles. The maximum atomic E-state index is 14.9. The number of aromatic amines is 1. The van der Waals surface area contributed by atoms with Gasteiger partial charge in [0.25, 0.3) is 0 Å². The van der Waals surface area contributed by atoms with Crippen LogP contribution in [-0.4, -0.2) is 235 Å². The lowest BCUT2D eigenvalue weighted by Crippen LogP contribution is -2.61. The van der Waals surface area contributed by atoms with E-state index in [1.165, 1.54) is 36.8 Å². The maximum absolute atomic E-state index is 14.9. The van der Waals surface area contributed by atoms with Gasteiger partial charge in [-0.25, -0.2) is 4.98 Å². The molecule has 13 amide bonds. The molecular weight excluding hydrogens is 1290 g/mol. The van der Waals surface area contributed by atoms with Crippen LogP contribution in [0.2, 0.25) is 0 Å². The van der Waals surface area contributed by atoms with Crippen LogP contribution in [-0.2, 0) is 75.2 Å². The van der Waals surface area contributed by atoms with Gasteiger partial charge >= 0.3 is 0 Å². The van der Waals surface area contributed by atoms with Crippen LogP contribution in [0.25, 0.3) is 0 Å². The molecule has 37 heteroatoms. The lowest BCUT2D eigenvalue weighted by Gasteiger charge is -2.31. The number of phenolic OH excluding ortho intramolecular Hbond substituents is 1. The largest absolute Gasteiger partial charge is 0.508 e. The molecule has 3 aliphatic rings. The van der Waals surface area contributed by atoms with Crippen LogP contribution in [0.5, 0.6) is 5.75 Å². The van der Waals surface area contributed by atoms with Crippen molar-refractivity contribution in [3.8, 4) is 5.75 Å².